The lowest BCUT2D eigenvalue weighted by molar-refractivity contribution is 0.256. The smallest absolute Gasteiger partial charge is 0.191 e. The predicted molar refractivity (Wildman–Crippen MR) is 142 cm³/mol. The van der Waals surface area contributed by atoms with Crippen LogP contribution in [0, 0.1) is 0 Å². The SMILES string of the molecule is CCNC(=NCCCN1CCN(c2cccc(Cl)c2)CC1)NCCc1ccccn1.I. The molecule has 0 atom stereocenters. The number of guanidine groups is 1. The van der Waals surface area contributed by atoms with Crippen LogP contribution in [0.5, 0.6) is 0 Å². The molecule has 0 spiro atoms. The second-order valence-electron chi connectivity index (χ2n) is 7.42. The third kappa shape index (κ3) is 9.21. The van der Waals surface area contributed by atoms with Gasteiger partial charge >= 0.3 is 0 Å². The number of benzene rings is 1. The molecule has 8 heteroatoms. The molecule has 0 aliphatic carbocycles. The number of pyridine rings is 1. The summed E-state index contributed by atoms with van der Waals surface area (Å²) in [6.45, 7) is 9.94. The number of aliphatic imine (C=N–C) groups is 1. The minimum Gasteiger partial charge on any atom is -0.369 e. The van der Waals surface area contributed by atoms with E-state index in [1.54, 1.807) is 0 Å². The van der Waals surface area contributed by atoms with E-state index >= 15 is 0 Å². The largest absolute Gasteiger partial charge is 0.369 e. The Morgan fingerprint density at radius 1 is 1.10 bits per heavy atom. The molecule has 2 heterocycles. The lowest BCUT2D eigenvalue weighted by Crippen LogP contribution is -2.46. The molecule has 1 aromatic carbocycles. The lowest BCUT2D eigenvalue weighted by Gasteiger charge is -2.36. The van der Waals surface area contributed by atoms with E-state index in [4.69, 9.17) is 16.6 Å². The van der Waals surface area contributed by atoms with Crippen molar-refractivity contribution in [2.45, 2.75) is 19.8 Å². The van der Waals surface area contributed by atoms with Gasteiger partial charge in [-0.1, -0.05) is 23.7 Å². The Labute approximate surface area is 208 Å². The minimum absolute atomic E-state index is 0. The van der Waals surface area contributed by atoms with Gasteiger partial charge in [-0.3, -0.25) is 14.9 Å². The fraction of sp³-hybridized carbons (Fsp3) is 0.478. The van der Waals surface area contributed by atoms with E-state index in [9.17, 15) is 0 Å². The van der Waals surface area contributed by atoms with Gasteiger partial charge in [-0.15, -0.1) is 24.0 Å². The van der Waals surface area contributed by atoms with Crippen molar-refractivity contribution < 1.29 is 0 Å². The summed E-state index contributed by atoms with van der Waals surface area (Å²) in [5.74, 6) is 0.888. The van der Waals surface area contributed by atoms with E-state index in [1.165, 1.54) is 5.69 Å². The fourth-order valence-corrected chi connectivity index (χ4v) is 3.77. The second kappa shape index (κ2) is 14.5. The quantitative estimate of drug-likeness (QED) is 0.214. The average molecular weight is 557 g/mol. The Hall–Kier alpha value is -1.58. The van der Waals surface area contributed by atoms with Crippen LogP contribution in [0.2, 0.25) is 5.02 Å². The number of piperazine rings is 1. The van der Waals surface area contributed by atoms with Crippen LogP contribution >= 0.6 is 35.6 Å². The molecule has 1 aliphatic rings. The van der Waals surface area contributed by atoms with Crippen LogP contribution in [-0.4, -0.2) is 68.2 Å². The molecule has 3 rings (SSSR count). The van der Waals surface area contributed by atoms with Crippen LogP contribution in [0.4, 0.5) is 5.69 Å². The molecule has 1 aliphatic heterocycles. The van der Waals surface area contributed by atoms with Gasteiger partial charge in [0.2, 0.25) is 0 Å². The van der Waals surface area contributed by atoms with E-state index in [2.05, 4.69) is 50.5 Å². The third-order valence-corrected chi connectivity index (χ3v) is 5.43. The average Bonchev–Trinajstić information content (AvgIpc) is 2.78. The topological polar surface area (TPSA) is 55.8 Å². The molecule has 0 unspecified atom stereocenters. The first-order valence-corrected chi connectivity index (χ1v) is 11.3. The van der Waals surface area contributed by atoms with Crippen molar-refractivity contribution >= 4 is 47.2 Å². The standard InChI is InChI=1S/C23H33ClN6.HI/c1-2-25-23(28-13-10-21-8-3-4-11-26-21)27-12-6-14-29-15-17-30(18-16-29)22-9-5-7-20(24)19-22;/h3-5,7-9,11,19H,2,6,10,12-18H2,1H3,(H2,25,27,28);1H. The lowest BCUT2D eigenvalue weighted by atomic mass is 10.2. The van der Waals surface area contributed by atoms with Crippen molar-refractivity contribution in [2.24, 2.45) is 4.99 Å². The number of anilines is 1. The number of hydrogen-bond donors (Lipinski definition) is 2. The Bertz CT molecular complexity index is 781. The Balaban J connectivity index is 0.00000341. The first-order valence-electron chi connectivity index (χ1n) is 10.9. The summed E-state index contributed by atoms with van der Waals surface area (Å²) < 4.78 is 0. The first-order chi connectivity index (χ1) is 14.7. The highest BCUT2D eigenvalue weighted by Crippen LogP contribution is 2.20. The molecule has 6 nitrogen and oxygen atoms in total. The molecule has 1 fully saturated rings. The third-order valence-electron chi connectivity index (χ3n) is 5.19. The maximum Gasteiger partial charge on any atom is 0.191 e. The van der Waals surface area contributed by atoms with Crippen molar-refractivity contribution in [3.63, 3.8) is 0 Å². The molecule has 1 saturated heterocycles. The zero-order valence-corrected chi connectivity index (χ0v) is 21.4. The van der Waals surface area contributed by atoms with Crippen LogP contribution < -0.4 is 15.5 Å². The maximum atomic E-state index is 6.13. The maximum absolute atomic E-state index is 6.13. The van der Waals surface area contributed by atoms with Gasteiger partial charge in [0.05, 0.1) is 0 Å². The number of hydrogen-bond acceptors (Lipinski definition) is 4. The van der Waals surface area contributed by atoms with Crippen LogP contribution in [0.3, 0.4) is 0 Å². The zero-order valence-electron chi connectivity index (χ0n) is 18.3. The first kappa shape index (κ1) is 25.7. The van der Waals surface area contributed by atoms with Gasteiger partial charge in [0.15, 0.2) is 5.96 Å². The number of aromatic nitrogens is 1. The number of halogens is 2. The van der Waals surface area contributed by atoms with E-state index in [-0.39, 0.29) is 24.0 Å². The van der Waals surface area contributed by atoms with E-state index in [0.717, 1.165) is 81.9 Å². The van der Waals surface area contributed by atoms with Crippen LogP contribution in [0.25, 0.3) is 0 Å². The summed E-state index contributed by atoms with van der Waals surface area (Å²) in [6, 6.07) is 14.2. The van der Waals surface area contributed by atoms with Gasteiger partial charge in [0.1, 0.15) is 0 Å². The highest BCUT2D eigenvalue weighted by Gasteiger charge is 2.16. The molecular formula is C23H34ClIN6. The molecule has 0 saturated carbocycles. The van der Waals surface area contributed by atoms with Gasteiger partial charge in [-0.2, -0.15) is 0 Å². The molecular weight excluding hydrogens is 523 g/mol. The molecule has 0 bridgehead atoms. The minimum atomic E-state index is 0. The van der Waals surface area contributed by atoms with Crippen molar-refractivity contribution in [3.05, 3.63) is 59.4 Å². The summed E-state index contributed by atoms with van der Waals surface area (Å²) in [6.07, 6.45) is 3.79. The molecule has 1 aromatic heterocycles. The van der Waals surface area contributed by atoms with Crippen molar-refractivity contribution in [1.29, 1.82) is 0 Å². The van der Waals surface area contributed by atoms with Crippen molar-refractivity contribution in [2.75, 3.05) is 57.3 Å². The Morgan fingerprint density at radius 3 is 2.65 bits per heavy atom. The summed E-state index contributed by atoms with van der Waals surface area (Å²) in [7, 11) is 0. The Kier molecular flexibility index (Phi) is 12.0. The number of rotatable bonds is 9. The normalized spacial score (nSPS) is 14.8. The predicted octanol–water partition coefficient (Wildman–Crippen LogP) is 3.66. The van der Waals surface area contributed by atoms with Crippen molar-refractivity contribution in [3.8, 4) is 0 Å². The summed E-state index contributed by atoms with van der Waals surface area (Å²) >= 11 is 6.13. The van der Waals surface area contributed by atoms with E-state index < -0.39 is 0 Å². The van der Waals surface area contributed by atoms with Gasteiger partial charge in [-0.05, 0) is 43.7 Å². The van der Waals surface area contributed by atoms with Crippen molar-refractivity contribution in [1.82, 2.24) is 20.5 Å². The van der Waals surface area contributed by atoms with Gasteiger partial charge < -0.3 is 15.5 Å². The highest BCUT2D eigenvalue weighted by atomic mass is 127. The molecule has 2 N–H and O–H groups in total. The highest BCUT2D eigenvalue weighted by molar-refractivity contribution is 14.0. The molecule has 170 valence electrons. The monoisotopic (exact) mass is 556 g/mol. The summed E-state index contributed by atoms with van der Waals surface area (Å²) in [4.78, 5) is 14.0. The fourth-order valence-electron chi connectivity index (χ4n) is 3.58. The van der Waals surface area contributed by atoms with Crippen LogP contribution in [0.1, 0.15) is 19.0 Å². The number of nitrogens with one attached hydrogen (secondary N) is 2. The zero-order chi connectivity index (χ0) is 21.0. The number of nitrogens with zero attached hydrogens (tertiary/aromatic N) is 4. The van der Waals surface area contributed by atoms with Gasteiger partial charge in [-0.25, -0.2) is 0 Å². The molecule has 0 radical (unpaired) electrons. The van der Waals surface area contributed by atoms with Crippen LogP contribution in [-0.2, 0) is 6.42 Å². The summed E-state index contributed by atoms with van der Waals surface area (Å²) in [5.41, 5.74) is 2.32. The second-order valence-corrected chi connectivity index (χ2v) is 7.86. The molecule has 31 heavy (non-hydrogen) atoms. The van der Waals surface area contributed by atoms with E-state index in [1.807, 2.05) is 30.5 Å². The van der Waals surface area contributed by atoms with Gasteiger partial charge in [0, 0.05) is 81.4 Å². The van der Waals surface area contributed by atoms with Gasteiger partial charge in [0.25, 0.3) is 0 Å². The molecule has 0 amide bonds. The Morgan fingerprint density at radius 2 is 1.94 bits per heavy atom. The molecule has 2 aromatic rings. The summed E-state index contributed by atoms with van der Waals surface area (Å²) in [5, 5.41) is 7.53. The van der Waals surface area contributed by atoms with E-state index in [0.29, 0.717) is 0 Å². The van der Waals surface area contributed by atoms with Crippen LogP contribution in [0.15, 0.2) is 53.7 Å².